The van der Waals surface area contributed by atoms with Crippen LogP contribution in [0.5, 0.6) is 0 Å². The molecule has 0 saturated carbocycles. The van der Waals surface area contributed by atoms with Gasteiger partial charge in [-0.1, -0.05) is 329 Å². The van der Waals surface area contributed by atoms with E-state index in [-0.39, 0.29) is 0 Å². The average molecular weight is 1670 g/mol. The van der Waals surface area contributed by atoms with Crippen molar-refractivity contribution in [1.82, 2.24) is 24.9 Å². The van der Waals surface area contributed by atoms with Crippen LogP contribution in [0.25, 0.3) is 185 Å². The van der Waals surface area contributed by atoms with Gasteiger partial charge in [0.2, 0.25) is 28.8 Å². The van der Waals surface area contributed by atoms with Crippen LogP contribution in [0.4, 0.5) is 0 Å². The van der Waals surface area contributed by atoms with E-state index in [9.17, 15) is 0 Å². The molecule has 130 heavy (non-hydrogen) atoms. The van der Waals surface area contributed by atoms with Crippen LogP contribution in [0.15, 0.2) is 473 Å². The summed E-state index contributed by atoms with van der Waals surface area (Å²) in [6.45, 7) is 0. The maximum Gasteiger partial charge on any atom is 0.428 e. The minimum atomic E-state index is -0.592. The summed E-state index contributed by atoms with van der Waals surface area (Å²) in [5.41, 5.74) is 32.2. The van der Waals surface area contributed by atoms with Crippen molar-refractivity contribution in [3.8, 4) is 119 Å². The van der Waals surface area contributed by atoms with Gasteiger partial charge in [0.05, 0.1) is 10.8 Å². The Bertz CT molecular complexity index is 8450. The molecule has 12 heteroatoms. The Morgan fingerprint density at radius 2 is 0.515 bits per heavy atom. The zero-order chi connectivity index (χ0) is 85.8. The van der Waals surface area contributed by atoms with E-state index < -0.39 is 10.8 Å². The number of nitrogens with zero attached hydrogens (tertiary/aromatic N) is 8. The molecule has 0 fully saturated rings. The lowest BCUT2D eigenvalue weighted by molar-refractivity contribution is -0.858. The first-order valence-corrected chi connectivity index (χ1v) is 43.7. The summed E-state index contributed by atoms with van der Waals surface area (Å²) in [4.78, 5) is 24.9. The Morgan fingerprint density at radius 3 is 1.00 bits per heavy atom. The summed E-state index contributed by atoms with van der Waals surface area (Å²) in [5.74, 6) is 3.05. The molecule has 6 heterocycles. The van der Waals surface area contributed by atoms with Crippen LogP contribution in [0, 0.1) is 0 Å². The number of benzene rings is 18. The molecule has 0 radical (unpaired) electrons. The molecule has 0 aliphatic heterocycles. The Labute approximate surface area is 747 Å². The van der Waals surface area contributed by atoms with Gasteiger partial charge >= 0.3 is 19.0 Å². The monoisotopic (exact) mass is 1670 g/mol. The fourth-order valence-electron chi connectivity index (χ4n) is 19.8. The third-order valence-electron chi connectivity index (χ3n) is 25.9. The fourth-order valence-corrected chi connectivity index (χ4v) is 19.8. The highest BCUT2D eigenvalue weighted by atomic mass is 16.4. The molecule has 2 aliphatic carbocycles. The number of furan rings is 2. The molecule has 0 saturated heterocycles. The normalized spacial score (nSPS) is 12.7. The van der Waals surface area contributed by atoms with Crippen LogP contribution in [-0.4, -0.2) is 24.9 Å². The molecule has 0 atom stereocenters. The third-order valence-corrected chi connectivity index (χ3v) is 25.9. The van der Waals surface area contributed by atoms with Crippen molar-refractivity contribution in [2.75, 3.05) is 0 Å². The number of rotatable bonds is 14. The third kappa shape index (κ3) is 12.6. The van der Waals surface area contributed by atoms with Gasteiger partial charge in [0, 0.05) is 85.8 Å². The second kappa shape index (κ2) is 30.7. The van der Waals surface area contributed by atoms with Gasteiger partial charge in [-0.25, -0.2) is 24.9 Å². The molecule has 24 aromatic rings. The first-order valence-electron chi connectivity index (χ1n) is 43.7. The molecule has 0 N–H and O–H groups in total. The Hall–Kier alpha value is -17.5. The largest absolute Gasteiger partial charge is 0.456 e. The summed E-state index contributed by atoms with van der Waals surface area (Å²) in [6.07, 6.45) is 6.39. The highest BCUT2D eigenvalue weighted by molar-refractivity contribution is 6.07. The molecule has 18 aromatic carbocycles. The highest BCUT2D eigenvalue weighted by Crippen LogP contribution is 2.59. The summed E-state index contributed by atoms with van der Waals surface area (Å²) in [7, 11) is 0. The Morgan fingerprint density at radius 1 is 0.185 bits per heavy atom. The number of hydrogen-bond donors (Lipinski definition) is 0. The van der Waals surface area contributed by atoms with Crippen molar-refractivity contribution < 1.29 is 31.4 Å². The average Bonchev–Trinajstić information content (AvgIpc) is 1.53. The number of hydrogen-bond acceptors (Lipinski definition) is 9. The van der Waals surface area contributed by atoms with Gasteiger partial charge in [0.25, 0.3) is 0 Å². The summed E-state index contributed by atoms with van der Waals surface area (Å²) >= 11 is 0. The van der Waals surface area contributed by atoms with Gasteiger partial charge in [0.1, 0.15) is 33.4 Å². The van der Waals surface area contributed by atoms with Crippen LogP contribution in [0.1, 0.15) is 44.5 Å². The van der Waals surface area contributed by atoms with Gasteiger partial charge < -0.3 is 17.7 Å². The molecular formula is C118H75N8O4+3. The minimum absolute atomic E-state index is 0.591. The van der Waals surface area contributed by atoms with Gasteiger partial charge in [-0.15, -0.1) is 0 Å². The molecule has 0 unspecified atom stereocenters. The van der Waals surface area contributed by atoms with E-state index in [4.69, 9.17) is 42.6 Å². The smallest absolute Gasteiger partial charge is 0.428 e. The zero-order valence-corrected chi connectivity index (χ0v) is 70.0. The van der Waals surface area contributed by atoms with Crippen molar-refractivity contribution >= 4 is 66.1 Å². The molecule has 608 valence electrons. The topological polar surface area (TPSA) is 129 Å². The predicted molar refractivity (Wildman–Crippen MR) is 513 cm³/mol. The van der Waals surface area contributed by atoms with Crippen LogP contribution < -0.4 is 13.7 Å². The molecule has 26 rings (SSSR count). The molecule has 0 spiro atoms. The van der Waals surface area contributed by atoms with Crippen molar-refractivity contribution in [1.29, 1.82) is 0 Å². The predicted octanol–water partition coefficient (Wildman–Crippen LogP) is 26.9. The van der Waals surface area contributed by atoms with E-state index in [0.29, 0.717) is 29.3 Å². The summed E-state index contributed by atoms with van der Waals surface area (Å²) in [6, 6.07) is 153. The van der Waals surface area contributed by atoms with Crippen LogP contribution in [-0.2, 0) is 10.8 Å². The van der Waals surface area contributed by atoms with E-state index in [2.05, 4.69) is 330 Å². The summed E-state index contributed by atoms with van der Waals surface area (Å²) in [5, 5.41) is 4.27. The van der Waals surface area contributed by atoms with Gasteiger partial charge in [-0.2, -0.15) is 0 Å². The molecule has 0 bridgehead atoms. The van der Waals surface area contributed by atoms with E-state index in [1.54, 1.807) is 0 Å². The Kier molecular flexibility index (Phi) is 17.8. The molecule has 6 aromatic heterocycles. The number of para-hydroxylation sites is 3. The lowest BCUT2D eigenvalue weighted by Gasteiger charge is -2.34. The maximum atomic E-state index is 6.51. The second-order valence-electron chi connectivity index (χ2n) is 33.3. The molecule has 12 nitrogen and oxygen atoms in total. The fraction of sp³-hybridized carbons (Fsp3) is 0.0169. The van der Waals surface area contributed by atoms with E-state index in [1.807, 2.05) is 140 Å². The van der Waals surface area contributed by atoms with Crippen LogP contribution in [0.3, 0.4) is 0 Å². The summed E-state index contributed by atoms with van der Waals surface area (Å²) < 4.78 is 31.8. The lowest BCUT2D eigenvalue weighted by Crippen LogP contribution is -2.55. The minimum Gasteiger partial charge on any atom is -0.456 e. The van der Waals surface area contributed by atoms with Gasteiger partial charge in [0.15, 0.2) is 28.6 Å². The standard InChI is InChI=1S/C59H39N4O2.C59H36N4O2/c1-3-14-41(15-4-1)58-60-54-32-30-44(35-57(54)65-58)59(52-23-10-7-20-48(52)49-21-8-11-24-53(49)59)43-28-26-40(27-29-43)42-16-13-19-46(34-42)62-37-61(45-17-5-2-6-18-45)38-63(39-62)47-31-33-56-51(36-47)50-22-9-12-25-55(50)64-56;1-3-13-39(14-4-1)55-61-56(63-57(62-55)42-29-34-53-48(35-42)47-19-9-12-22-52(47)64-53)40-25-23-37(24-26-40)38-27-30-43(31-28-38)59(49-20-10-7-17-45(49)46-18-8-11-21-50(46)59)44-32-33-51-54(36-44)65-58(60-51)41-15-5-2-6-16-41/h1-39H;1-36H/q+3;. The van der Waals surface area contributed by atoms with Crippen molar-refractivity contribution in [3.05, 3.63) is 500 Å². The van der Waals surface area contributed by atoms with Crippen LogP contribution in [0.2, 0.25) is 0 Å². The molecule has 2 aliphatic rings. The van der Waals surface area contributed by atoms with Crippen molar-refractivity contribution in [2.45, 2.75) is 10.8 Å². The van der Waals surface area contributed by atoms with E-state index >= 15 is 0 Å². The first-order chi connectivity index (χ1) is 64.3. The number of oxazole rings is 2. The van der Waals surface area contributed by atoms with Gasteiger partial charge in [-0.3, -0.25) is 0 Å². The highest BCUT2D eigenvalue weighted by Gasteiger charge is 2.48. The lowest BCUT2D eigenvalue weighted by atomic mass is 9.67. The molecular weight excluding hydrogens is 1590 g/mol. The van der Waals surface area contributed by atoms with Crippen molar-refractivity contribution in [3.63, 3.8) is 0 Å². The molecule has 0 amide bonds. The van der Waals surface area contributed by atoms with Gasteiger partial charge in [-0.05, 0) is 174 Å². The van der Waals surface area contributed by atoms with Crippen LogP contribution >= 0.6 is 0 Å². The maximum absolute atomic E-state index is 6.51. The SMILES string of the molecule is c1ccc(-c2nc(-c3ccc(-c4ccc(C5(c6ccc7nc(-c8ccccc8)oc7c6)c6ccccc6-c6ccccc65)cc4)cc3)nc(-c3ccc4oc5ccccc5c4c3)n2)cc1.c1ccc(-c2nc3ccc(C4(c5ccc(-c6cccc(-[n+]7c[n+](-c8ccccc8)c[n+](-c8ccc9oc%10ccccc%10c9c8)c7)c6)cc5)c5ccccc5-c5ccccc54)cc3o2)cc1. The Balaban J connectivity index is 0.000000140. The zero-order valence-electron chi connectivity index (χ0n) is 70.0. The second-order valence-corrected chi connectivity index (χ2v) is 33.3. The number of fused-ring (bicyclic) bond motifs is 14. The first kappa shape index (κ1) is 75.1. The number of aromatic nitrogens is 8. The van der Waals surface area contributed by atoms with E-state index in [1.165, 1.54) is 55.6 Å². The quantitative estimate of drug-likeness (QED) is 0.0977. The van der Waals surface area contributed by atoms with E-state index in [0.717, 1.165) is 144 Å². The van der Waals surface area contributed by atoms with Crippen molar-refractivity contribution in [2.24, 2.45) is 0 Å².